The third-order valence-corrected chi connectivity index (χ3v) is 4.73. The van der Waals surface area contributed by atoms with E-state index in [0.717, 1.165) is 21.3 Å². The van der Waals surface area contributed by atoms with Crippen molar-refractivity contribution in [2.45, 2.75) is 19.8 Å². The lowest BCUT2D eigenvalue weighted by molar-refractivity contribution is -0.116. The number of amides is 1. The van der Waals surface area contributed by atoms with Crippen LogP contribution in [0.2, 0.25) is 5.02 Å². The molecule has 0 radical (unpaired) electrons. The second kappa shape index (κ2) is 7.85. The summed E-state index contributed by atoms with van der Waals surface area (Å²) < 4.78 is 6.73. The smallest absolute Gasteiger partial charge is 0.224 e. The summed E-state index contributed by atoms with van der Waals surface area (Å²) in [6, 6.07) is 13.2. The molecular formula is C19H16BrClN2O2. The van der Waals surface area contributed by atoms with Gasteiger partial charge in [0.2, 0.25) is 5.91 Å². The Balaban J connectivity index is 1.59. The molecule has 0 saturated heterocycles. The molecule has 1 N–H and O–H groups in total. The zero-order valence-corrected chi connectivity index (χ0v) is 15.9. The predicted molar refractivity (Wildman–Crippen MR) is 103 cm³/mol. The van der Waals surface area contributed by atoms with Gasteiger partial charge in [-0.25, -0.2) is 4.98 Å². The van der Waals surface area contributed by atoms with E-state index in [2.05, 4.69) is 26.2 Å². The van der Waals surface area contributed by atoms with E-state index in [9.17, 15) is 4.79 Å². The number of oxazole rings is 1. The van der Waals surface area contributed by atoms with E-state index in [4.69, 9.17) is 16.0 Å². The molecule has 3 rings (SSSR count). The summed E-state index contributed by atoms with van der Waals surface area (Å²) in [5.74, 6) is 1.12. The van der Waals surface area contributed by atoms with Gasteiger partial charge in [0.25, 0.3) is 0 Å². The van der Waals surface area contributed by atoms with Gasteiger partial charge in [-0.3, -0.25) is 4.79 Å². The Morgan fingerprint density at radius 3 is 2.76 bits per heavy atom. The van der Waals surface area contributed by atoms with Crippen molar-refractivity contribution in [2.24, 2.45) is 0 Å². The first-order valence-electron chi connectivity index (χ1n) is 7.78. The maximum Gasteiger partial charge on any atom is 0.224 e. The first-order valence-corrected chi connectivity index (χ1v) is 8.95. The van der Waals surface area contributed by atoms with Crippen molar-refractivity contribution in [1.29, 1.82) is 0 Å². The predicted octanol–water partition coefficient (Wildman–Crippen LogP) is 5.64. The number of hydrogen-bond donors (Lipinski definition) is 1. The van der Waals surface area contributed by atoms with Gasteiger partial charge in [-0.15, -0.1) is 0 Å². The van der Waals surface area contributed by atoms with Gasteiger partial charge < -0.3 is 9.73 Å². The van der Waals surface area contributed by atoms with Crippen LogP contribution in [0.3, 0.4) is 0 Å². The molecule has 1 heterocycles. The van der Waals surface area contributed by atoms with E-state index in [1.165, 1.54) is 0 Å². The highest BCUT2D eigenvalue weighted by molar-refractivity contribution is 9.10. The number of nitrogens with zero attached hydrogens (tertiary/aromatic N) is 1. The molecule has 0 unspecified atom stereocenters. The normalized spacial score (nSPS) is 10.7. The molecule has 25 heavy (non-hydrogen) atoms. The van der Waals surface area contributed by atoms with Crippen LogP contribution >= 0.6 is 27.5 Å². The van der Waals surface area contributed by atoms with Crippen LogP contribution in [0, 0.1) is 6.92 Å². The van der Waals surface area contributed by atoms with Gasteiger partial charge in [0.05, 0.1) is 6.20 Å². The summed E-state index contributed by atoms with van der Waals surface area (Å²) in [6.07, 6.45) is 2.39. The molecule has 128 valence electrons. The first-order chi connectivity index (χ1) is 12.0. The molecule has 0 fully saturated rings. The molecule has 2 aromatic carbocycles. The summed E-state index contributed by atoms with van der Waals surface area (Å²) in [7, 11) is 0. The fourth-order valence-corrected chi connectivity index (χ4v) is 2.79. The van der Waals surface area contributed by atoms with Crippen molar-refractivity contribution in [3.8, 4) is 11.3 Å². The topological polar surface area (TPSA) is 55.1 Å². The molecule has 0 atom stereocenters. The van der Waals surface area contributed by atoms with Crippen LogP contribution in [0.15, 0.2) is 57.6 Å². The molecule has 4 nitrogen and oxygen atoms in total. The summed E-state index contributed by atoms with van der Waals surface area (Å²) in [5, 5.41) is 3.50. The maximum atomic E-state index is 12.1. The lowest BCUT2D eigenvalue weighted by atomic mass is 10.2. The molecule has 0 spiro atoms. The molecule has 0 bridgehead atoms. The zero-order valence-electron chi connectivity index (χ0n) is 13.6. The highest BCUT2D eigenvalue weighted by Crippen LogP contribution is 2.24. The Labute approximate surface area is 159 Å². The third kappa shape index (κ3) is 4.50. The van der Waals surface area contributed by atoms with Gasteiger partial charge in [-0.1, -0.05) is 45.7 Å². The van der Waals surface area contributed by atoms with E-state index >= 15 is 0 Å². The number of halogens is 2. The number of benzene rings is 2. The lowest BCUT2D eigenvalue weighted by Gasteiger charge is -2.08. The molecule has 1 aromatic heterocycles. The van der Waals surface area contributed by atoms with Gasteiger partial charge >= 0.3 is 0 Å². The minimum atomic E-state index is -0.103. The Hall–Kier alpha value is -2.11. The number of carbonyl (C=O) groups is 1. The monoisotopic (exact) mass is 418 g/mol. The summed E-state index contributed by atoms with van der Waals surface area (Å²) >= 11 is 9.46. The number of nitrogens with one attached hydrogen (secondary N) is 1. The molecule has 0 saturated carbocycles. The molecular weight excluding hydrogens is 404 g/mol. The van der Waals surface area contributed by atoms with Crippen LogP contribution in [0.4, 0.5) is 5.69 Å². The number of rotatable bonds is 5. The van der Waals surface area contributed by atoms with Crippen LogP contribution in [-0.2, 0) is 11.2 Å². The van der Waals surface area contributed by atoms with E-state index in [1.807, 2.05) is 43.3 Å². The molecule has 0 aliphatic heterocycles. The van der Waals surface area contributed by atoms with Crippen molar-refractivity contribution < 1.29 is 9.21 Å². The Morgan fingerprint density at radius 1 is 1.24 bits per heavy atom. The summed E-state index contributed by atoms with van der Waals surface area (Å²) in [5.41, 5.74) is 2.52. The van der Waals surface area contributed by atoms with Crippen LogP contribution < -0.4 is 5.32 Å². The minimum absolute atomic E-state index is 0.103. The van der Waals surface area contributed by atoms with Gasteiger partial charge in [-0.05, 0) is 36.8 Å². The average molecular weight is 420 g/mol. The largest absolute Gasteiger partial charge is 0.441 e. The number of aromatic nitrogens is 1. The van der Waals surface area contributed by atoms with Gasteiger partial charge in [-0.2, -0.15) is 0 Å². The standard InChI is InChI=1S/C19H16BrClN2O2/c1-12-15(21)3-2-4-16(12)23-18(24)9-10-19-22-11-17(25-19)13-5-7-14(20)8-6-13/h2-8,11H,9-10H2,1H3,(H,23,24). The third-order valence-electron chi connectivity index (χ3n) is 3.79. The second-order valence-corrected chi connectivity index (χ2v) is 6.91. The lowest BCUT2D eigenvalue weighted by Crippen LogP contribution is -2.13. The number of anilines is 1. The van der Waals surface area contributed by atoms with Crippen molar-refractivity contribution in [3.63, 3.8) is 0 Å². The SMILES string of the molecule is Cc1c(Cl)cccc1NC(=O)CCc1ncc(-c2ccc(Br)cc2)o1. The van der Waals surface area contributed by atoms with E-state index in [0.29, 0.717) is 23.1 Å². The zero-order chi connectivity index (χ0) is 17.8. The summed E-state index contributed by atoms with van der Waals surface area (Å²) in [6.45, 7) is 1.87. The van der Waals surface area contributed by atoms with E-state index in [1.54, 1.807) is 12.3 Å². The van der Waals surface area contributed by atoms with Crippen molar-refractivity contribution in [3.05, 3.63) is 69.6 Å². The highest BCUT2D eigenvalue weighted by Gasteiger charge is 2.11. The molecule has 0 aliphatic carbocycles. The maximum absolute atomic E-state index is 12.1. The molecule has 0 aliphatic rings. The van der Waals surface area contributed by atoms with Crippen LogP contribution in [0.5, 0.6) is 0 Å². The minimum Gasteiger partial charge on any atom is -0.441 e. The van der Waals surface area contributed by atoms with Gasteiger partial charge in [0.15, 0.2) is 11.7 Å². The quantitative estimate of drug-likeness (QED) is 0.582. The Bertz CT molecular complexity index is 891. The van der Waals surface area contributed by atoms with Crippen LogP contribution in [-0.4, -0.2) is 10.9 Å². The molecule has 1 amide bonds. The van der Waals surface area contributed by atoms with Crippen molar-refractivity contribution in [1.82, 2.24) is 4.98 Å². The summed E-state index contributed by atoms with van der Waals surface area (Å²) in [4.78, 5) is 16.4. The molecule has 3 aromatic rings. The van der Waals surface area contributed by atoms with Crippen LogP contribution in [0.1, 0.15) is 17.9 Å². The average Bonchev–Trinajstić information content (AvgIpc) is 3.07. The van der Waals surface area contributed by atoms with E-state index in [-0.39, 0.29) is 12.3 Å². The second-order valence-electron chi connectivity index (χ2n) is 5.59. The Morgan fingerprint density at radius 2 is 2.00 bits per heavy atom. The fourth-order valence-electron chi connectivity index (χ4n) is 2.35. The first kappa shape index (κ1) is 17.7. The van der Waals surface area contributed by atoms with Gasteiger partial charge in [0, 0.05) is 33.6 Å². The highest BCUT2D eigenvalue weighted by atomic mass is 79.9. The number of hydrogen-bond acceptors (Lipinski definition) is 3. The van der Waals surface area contributed by atoms with Crippen LogP contribution in [0.25, 0.3) is 11.3 Å². The number of carbonyl (C=O) groups excluding carboxylic acids is 1. The Kier molecular flexibility index (Phi) is 5.56. The van der Waals surface area contributed by atoms with Crippen molar-refractivity contribution in [2.75, 3.05) is 5.32 Å². The van der Waals surface area contributed by atoms with E-state index < -0.39 is 0 Å². The van der Waals surface area contributed by atoms with Gasteiger partial charge in [0.1, 0.15) is 0 Å². The number of aryl methyl sites for hydroxylation is 1. The van der Waals surface area contributed by atoms with Crippen molar-refractivity contribution >= 4 is 39.1 Å². The fraction of sp³-hybridized carbons (Fsp3) is 0.158. The molecule has 6 heteroatoms.